The zero-order valence-electron chi connectivity index (χ0n) is 10.8. The second-order valence-corrected chi connectivity index (χ2v) is 4.99. The van der Waals surface area contributed by atoms with Crippen LogP contribution in [0.5, 0.6) is 0 Å². The van der Waals surface area contributed by atoms with Crippen LogP contribution in [0.3, 0.4) is 0 Å². The summed E-state index contributed by atoms with van der Waals surface area (Å²) in [5, 5.41) is 0.238. The number of Topliss-reactive ketones (excluding diaryl/α,β-unsaturated/α-hetero) is 1. The lowest BCUT2D eigenvalue weighted by Gasteiger charge is -2.10. The summed E-state index contributed by atoms with van der Waals surface area (Å²) in [5.74, 6) is -1.11. The van der Waals surface area contributed by atoms with Gasteiger partial charge in [-0.15, -0.1) is 0 Å². The van der Waals surface area contributed by atoms with Crippen molar-refractivity contribution in [2.24, 2.45) is 5.92 Å². The highest BCUT2D eigenvalue weighted by atomic mass is 35.5. The van der Waals surface area contributed by atoms with Gasteiger partial charge in [0.25, 0.3) is 0 Å². The van der Waals surface area contributed by atoms with E-state index < -0.39 is 29.3 Å². The van der Waals surface area contributed by atoms with Crippen LogP contribution in [0, 0.1) is 5.92 Å². The minimum atomic E-state index is -4.68. The third kappa shape index (κ3) is 2.52. The molecule has 1 atom stereocenters. The number of pyridine rings is 1. The van der Waals surface area contributed by atoms with E-state index in [1.165, 1.54) is 18.3 Å². The molecule has 0 saturated heterocycles. The van der Waals surface area contributed by atoms with Gasteiger partial charge >= 0.3 is 6.18 Å². The van der Waals surface area contributed by atoms with Gasteiger partial charge in [0.05, 0.1) is 5.02 Å². The summed E-state index contributed by atoms with van der Waals surface area (Å²) < 4.78 is 40.3. The molecule has 0 spiro atoms. The molecule has 0 aliphatic rings. The Morgan fingerprint density at radius 3 is 2.65 bits per heavy atom. The molecule has 0 amide bonds. The van der Waals surface area contributed by atoms with E-state index in [0.29, 0.717) is 6.42 Å². The van der Waals surface area contributed by atoms with Crippen molar-refractivity contribution in [1.82, 2.24) is 9.38 Å². The maximum Gasteiger partial charge on any atom is 0.435 e. The zero-order valence-corrected chi connectivity index (χ0v) is 11.6. The lowest BCUT2D eigenvalue weighted by atomic mass is 10.00. The highest BCUT2D eigenvalue weighted by Crippen LogP contribution is 2.33. The maximum absolute atomic E-state index is 13.1. The van der Waals surface area contributed by atoms with E-state index in [1.807, 2.05) is 0 Å². The molecule has 0 bridgehead atoms. The van der Waals surface area contributed by atoms with Gasteiger partial charge in [-0.2, -0.15) is 13.2 Å². The third-order valence-electron chi connectivity index (χ3n) is 3.14. The van der Waals surface area contributed by atoms with E-state index in [1.54, 1.807) is 13.8 Å². The molecule has 7 heteroatoms. The molecular weight excluding hydrogens is 293 g/mol. The van der Waals surface area contributed by atoms with Gasteiger partial charge in [-0.3, -0.25) is 9.20 Å². The van der Waals surface area contributed by atoms with Crippen molar-refractivity contribution in [3.05, 3.63) is 34.7 Å². The Morgan fingerprint density at radius 2 is 2.10 bits per heavy atom. The summed E-state index contributed by atoms with van der Waals surface area (Å²) in [7, 11) is 0. The normalized spacial score (nSPS) is 13.7. The van der Waals surface area contributed by atoms with Crippen LogP contribution in [-0.4, -0.2) is 15.2 Å². The predicted molar refractivity (Wildman–Crippen MR) is 69.0 cm³/mol. The Hall–Kier alpha value is -1.56. The van der Waals surface area contributed by atoms with E-state index in [9.17, 15) is 18.0 Å². The van der Waals surface area contributed by atoms with Gasteiger partial charge in [-0.1, -0.05) is 25.4 Å². The van der Waals surface area contributed by atoms with Gasteiger partial charge in [0, 0.05) is 12.1 Å². The Bertz CT molecular complexity index is 663. The minimum absolute atomic E-state index is 0.0494. The Kier molecular flexibility index (Phi) is 3.77. The SMILES string of the molecule is CCC(C)C(=O)c1c(C(F)(F)F)nc2ccc(Cl)cn12. The molecule has 0 saturated carbocycles. The van der Waals surface area contributed by atoms with Gasteiger partial charge in [-0.25, -0.2) is 4.98 Å². The second kappa shape index (κ2) is 5.09. The number of aromatic nitrogens is 2. The molecule has 0 N–H and O–H groups in total. The predicted octanol–water partition coefficient (Wildman–Crippen LogP) is 4.24. The fraction of sp³-hybridized carbons (Fsp3) is 0.385. The van der Waals surface area contributed by atoms with Gasteiger partial charge in [-0.05, 0) is 18.6 Å². The first-order chi connectivity index (χ1) is 9.25. The topological polar surface area (TPSA) is 34.4 Å². The average Bonchev–Trinajstić information content (AvgIpc) is 2.75. The van der Waals surface area contributed by atoms with Crippen LogP contribution in [0.4, 0.5) is 13.2 Å². The first kappa shape index (κ1) is 14.8. The molecule has 2 aromatic rings. The van der Waals surface area contributed by atoms with Crippen LogP contribution in [0.1, 0.15) is 36.5 Å². The highest BCUT2D eigenvalue weighted by Gasteiger charge is 2.40. The van der Waals surface area contributed by atoms with E-state index in [-0.39, 0.29) is 10.7 Å². The molecule has 2 rings (SSSR count). The van der Waals surface area contributed by atoms with Gasteiger partial charge in [0.2, 0.25) is 0 Å². The maximum atomic E-state index is 13.1. The number of rotatable bonds is 3. The second-order valence-electron chi connectivity index (χ2n) is 4.56. The standard InChI is InChI=1S/C13H12ClF3N2O/c1-3-7(2)11(20)10-12(13(15,16)17)18-9-5-4-8(14)6-19(9)10/h4-7H,3H2,1-2H3. The van der Waals surface area contributed by atoms with Crippen molar-refractivity contribution in [3.63, 3.8) is 0 Å². The number of carbonyl (C=O) groups is 1. The highest BCUT2D eigenvalue weighted by molar-refractivity contribution is 6.30. The number of ketones is 1. The molecule has 0 radical (unpaired) electrons. The Balaban J connectivity index is 2.76. The summed E-state index contributed by atoms with van der Waals surface area (Å²) >= 11 is 5.79. The van der Waals surface area contributed by atoms with Crippen molar-refractivity contribution >= 4 is 23.0 Å². The number of hydrogen-bond acceptors (Lipinski definition) is 2. The molecule has 0 fully saturated rings. The smallest absolute Gasteiger partial charge is 0.295 e. The van der Waals surface area contributed by atoms with E-state index >= 15 is 0 Å². The van der Waals surface area contributed by atoms with Gasteiger partial charge in [0.15, 0.2) is 11.5 Å². The quantitative estimate of drug-likeness (QED) is 0.795. The molecule has 1 unspecified atom stereocenters. The van der Waals surface area contributed by atoms with Crippen molar-refractivity contribution in [2.45, 2.75) is 26.4 Å². The molecular formula is C13H12ClF3N2O. The van der Waals surface area contributed by atoms with Crippen LogP contribution in [0.25, 0.3) is 5.65 Å². The Morgan fingerprint density at radius 1 is 1.45 bits per heavy atom. The summed E-state index contributed by atoms with van der Waals surface area (Å²) in [5.41, 5.74) is -1.57. The summed E-state index contributed by atoms with van der Waals surface area (Å²) in [4.78, 5) is 15.7. The van der Waals surface area contributed by atoms with Crippen LogP contribution in [0.15, 0.2) is 18.3 Å². The molecule has 3 nitrogen and oxygen atoms in total. The number of alkyl halides is 3. The molecule has 20 heavy (non-hydrogen) atoms. The zero-order chi connectivity index (χ0) is 15.1. The third-order valence-corrected chi connectivity index (χ3v) is 3.37. The lowest BCUT2D eigenvalue weighted by Crippen LogP contribution is -2.19. The lowest BCUT2D eigenvalue weighted by molar-refractivity contribution is -0.141. The minimum Gasteiger partial charge on any atom is -0.295 e. The number of halogens is 4. The number of fused-ring (bicyclic) bond motifs is 1. The van der Waals surface area contributed by atoms with E-state index in [4.69, 9.17) is 11.6 Å². The van der Waals surface area contributed by atoms with E-state index in [2.05, 4.69) is 4.98 Å². The average molecular weight is 305 g/mol. The van der Waals surface area contributed by atoms with Crippen LogP contribution < -0.4 is 0 Å². The van der Waals surface area contributed by atoms with Gasteiger partial charge in [0.1, 0.15) is 11.3 Å². The van der Waals surface area contributed by atoms with Crippen molar-refractivity contribution in [2.75, 3.05) is 0 Å². The molecule has 0 aliphatic heterocycles. The van der Waals surface area contributed by atoms with Crippen LogP contribution >= 0.6 is 11.6 Å². The summed E-state index contributed by atoms with van der Waals surface area (Å²) in [6.45, 7) is 3.33. The summed E-state index contributed by atoms with van der Waals surface area (Å²) in [6, 6.07) is 2.78. The first-order valence-corrected chi connectivity index (χ1v) is 6.42. The molecule has 0 aliphatic carbocycles. The largest absolute Gasteiger partial charge is 0.435 e. The number of carbonyl (C=O) groups excluding carboxylic acids is 1. The van der Waals surface area contributed by atoms with Crippen LogP contribution in [-0.2, 0) is 6.18 Å². The number of nitrogens with zero attached hydrogens (tertiary/aromatic N) is 2. The van der Waals surface area contributed by atoms with Crippen molar-refractivity contribution in [3.8, 4) is 0 Å². The fourth-order valence-corrected chi connectivity index (χ4v) is 2.03. The molecule has 108 valence electrons. The van der Waals surface area contributed by atoms with Gasteiger partial charge < -0.3 is 0 Å². The molecule has 2 heterocycles. The monoisotopic (exact) mass is 304 g/mol. The molecule has 0 aromatic carbocycles. The number of imidazole rings is 1. The summed E-state index contributed by atoms with van der Waals surface area (Å²) in [6.07, 6.45) is -2.96. The van der Waals surface area contributed by atoms with E-state index in [0.717, 1.165) is 4.40 Å². The molecule has 2 aromatic heterocycles. The first-order valence-electron chi connectivity index (χ1n) is 6.04. The van der Waals surface area contributed by atoms with Crippen LogP contribution in [0.2, 0.25) is 5.02 Å². The fourth-order valence-electron chi connectivity index (χ4n) is 1.87. The van der Waals surface area contributed by atoms with Crippen molar-refractivity contribution < 1.29 is 18.0 Å². The Labute approximate surface area is 118 Å². The number of hydrogen-bond donors (Lipinski definition) is 0. The van der Waals surface area contributed by atoms with Crippen molar-refractivity contribution in [1.29, 1.82) is 0 Å².